The second-order valence-corrected chi connectivity index (χ2v) is 4.83. The van der Waals surface area contributed by atoms with E-state index in [9.17, 15) is 9.18 Å². The molecule has 110 valence electrons. The Bertz CT molecular complexity index is 495. The highest BCUT2D eigenvalue weighted by Gasteiger charge is 2.31. The minimum atomic E-state index is -0.585. The maximum absolute atomic E-state index is 13.9. The number of nitrogens with two attached hydrogens (primary N) is 1. The summed E-state index contributed by atoms with van der Waals surface area (Å²) in [7, 11) is 1.41. The smallest absolute Gasteiger partial charge is 0.260 e. The van der Waals surface area contributed by atoms with Gasteiger partial charge >= 0.3 is 0 Å². The molecule has 20 heavy (non-hydrogen) atoms. The van der Waals surface area contributed by atoms with Crippen molar-refractivity contribution in [3.05, 3.63) is 29.6 Å². The number of morpholine rings is 1. The van der Waals surface area contributed by atoms with Crippen LogP contribution in [0.25, 0.3) is 0 Å². The predicted octanol–water partition coefficient (Wildman–Crippen LogP) is 1.02. The molecule has 1 aromatic rings. The van der Waals surface area contributed by atoms with E-state index in [-0.39, 0.29) is 23.5 Å². The third-order valence-corrected chi connectivity index (χ3v) is 3.29. The number of ether oxygens (including phenoxy) is 2. The van der Waals surface area contributed by atoms with E-state index in [2.05, 4.69) is 0 Å². The standard InChI is InChI=1S/C14H19FN2O3/c1-9-7-17(8-10(6-16)20-9)14(18)13-11(15)4-3-5-12(13)19-2/h3-5,9-10H,6-8,16H2,1-2H3. The molecule has 5 nitrogen and oxygen atoms in total. The second kappa shape index (κ2) is 6.19. The lowest BCUT2D eigenvalue weighted by molar-refractivity contribution is -0.0627. The largest absolute Gasteiger partial charge is 0.496 e. The van der Waals surface area contributed by atoms with Crippen LogP contribution in [-0.4, -0.2) is 49.8 Å². The molecule has 6 heteroatoms. The van der Waals surface area contributed by atoms with E-state index in [1.54, 1.807) is 11.0 Å². The third kappa shape index (κ3) is 2.91. The van der Waals surface area contributed by atoms with E-state index in [1.807, 2.05) is 6.92 Å². The van der Waals surface area contributed by atoms with Crippen LogP contribution in [0.1, 0.15) is 17.3 Å². The first kappa shape index (κ1) is 14.7. The molecule has 2 N–H and O–H groups in total. The first-order valence-electron chi connectivity index (χ1n) is 6.54. The molecular formula is C14H19FN2O3. The lowest BCUT2D eigenvalue weighted by Gasteiger charge is -2.36. The molecule has 0 aromatic heterocycles. The van der Waals surface area contributed by atoms with Crippen LogP contribution < -0.4 is 10.5 Å². The van der Waals surface area contributed by atoms with E-state index in [4.69, 9.17) is 15.2 Å². The van der Waals surface area contributed by atoms with Crippen LogP contribution >= 0.6 is 0 Å². The molecule has 1 heterocycles. The van der Waals surface area contributed by atoms with Gasteiger partial charge in [0.15, 0.2) is 0 Å². The van der Waals surface area contributed by atoms with Crippen LogP contribution in [0.15, 0.2) is 18.2 Å². The highest BCUT2D eigenvalue weighted by atomic mass is 19.1. The summed E-state index contributed by atoms with van der Waals surface area (Å²) in [5, 5.41) is 0. The minimum Gasteiger partial charge on any atom is -0.496 e. The lowest BCUT2D eigenvalue weighted by Crippen LogP contribution is -2.51. The van der Waals surface area contributed by atoms with Gasteiger partial charge < -0.3 is 20.1 Å². The molecule has 2 rings (SSSR count). The van der Waals surface area contributed by atoms with Crippen LogP contribution in [0.5, 0.6) is 5.75 Å². The Hall–Kier alpha value is -1.66. The fourth-order valence-electron chi connectivity index (χ4n) is 2.38. The summed E-state index contributed by atoms with van der Waals surface area (Å²) in [6.07, 6.45) is -0.348. The molecule has 0 saturated carbocycles. The third-order valence-electron chi connectivity index (χ3n) is 3.29. The highest BCUT2D eigenvalue weighted by molar-refractivity contribution is 5.97. The Kier molecular flexibility index (Phi) is 4.57. The zero-order valence-corrected chi connectivity index (χ0v) is 11.6. The number of hydrogen-bond acceptors (Lipinski definition) is 4. The molecule has 1 aliphatic rings. The maximum Gasteiger partial charge on any atom is 0.260 e. The average Bonchev–Trinajstić information content (AvgIpc) is 2.45. The van der Waals surface area contributed by atoms with E-state index in [1.165, 1.54) is 19.2 Å². The number of hydrogen-bond donors (Lipinski definition) is 1. The summed E-state index contributed by atoms with van der Waals surface area (Å²) in [6, 6.07) is 4.33. The fourth-order valence-corrected chi connectivity index (χ4v) is 2.38. The van der Waals surface area contributed by atoms with Crippen molar-refractivity contribution in [2.24, 2.45) is 5.73 Å². The molecular weight excluding hydrogens is 263 g/mol. The van der Waals surface area contributed by atoms with Crippen molar-refractivity contribution in [3.8, 4) is 5.75 Å². The van der Waals surface area contributed by atoms with E-state index in [0.29, 0.717) is 19.6 Å². The summed E-state index contributed by atoms with van der Waals surface area (Å²) in [5.74, 6) is -0.746. The van der Waals surface area contributed by atoms with Gasteiger partial charge in [-0.25, -0.2) is 4.39 Å². The second-order valence-electron chi connectivity index (χ2n) is 4.83. The molecule has 1 saturated heterocycles. The Balaban J connectivity index is 2.27. The zero-order chi connectivity index (χ0) is 14.7. The van der Waals surface area contributed by atoms with Crippen LogP contribution in [0, 0.1) is 5.82 Å². The van der Waals surface area contributed by atoms with Crippen molar-refractivity contribution in [3.63, 3.8) is 0 Å². The zero-order valence-electron chi connectivity index (χ0n) is 11.6. The average molecular weight is 282 g/mol. The van der Waals surface area contributed by atoms with Gasteiger partial charge in [0, 0.05) is 19.6 Å². The van der Waals surface area contributed by atoms with Gasteiger partial charge in [-0.05, 0) is 19.1 Å². The normalized spacial score (nSPS) is 22.7. The number of nitrogens with zero attached hydrogens (tertiary/aromatic N) is 1. The molecule has 0 spiro atoms. The number of halogens is 1. The molecule has 2 atom stereocenters. The SMILES string of the molecule is COc1cccc(F)c1C(=O)N1CC(C)OC(CN)C1. The van der Waals surface area contributed by atoms with Gasteiger partial charge in [0.2, 0.25) is 0 Å². The van der Waals surface area contributed by atoms with E-state index in [0.717, 1.165) is 0 Å². The van der Waals surface area contributed by atoms with Gasteiger partial charge in [0.05, 0.1) is 19.3 Å². The van der Waals surface area contributed by atoms with Gasteiger partial charge in [-0.15, -0.1) is 0 Å². The number of methoxy groups -OCH3 is 1. The molecule has 0 aliphatic carbocycles. The minimum absolute atomic E-state index is 0.0418. The molecule has 1 fully saturated rings. The van der Waals surface area contributed by atoms with Gasteiger partial charge in [-0.2, -0.15) is 0 Å². The predicted molar refractivity (Wildman–Crippen MR) is 72.2 cm³/mol. The van der Waals surface area contributed by atoms with Gasteiger partial charge in [0.25, 0.3) is 5.91 Å². The summed E-state index contributed by atoms with van der Waals surface area (Å²) in [6.45, 7) is 2.95. The molecule has 0 bridgehead atoms. The molecule has 2 unspecified atom stereocenters. The molecule has 1 aliphatic heterocycles. The quantitative estimate of drug-likeness (QED) is 0.899. The number of carbonyl (C=O) groups is 1. The Morgan fingerprint density at radius 3 is 2.95 bits per heavy atom. The highest BCUT2D eigenvalue weighted by Crippen LogP contribution is 2.24. The summed E-state index contributed by atoms with van der Waals surface area (Å²) in [5.41, 5.74) is 5.55. The van der Waals surface area contributed by atoms with E-state index < -0.39 is 11.7 Å². The Morgan fingerprint density at radius 1 is 1.55 bits per heavy atom. The van der Waals surface area contributed by atoms with Crippen molar-refractivity contribution >= 4 is 5.91 Å². The number of benzene rings is 1. The van der Waals surface area contributed by atoms with Crippen LogP contribution in [0.3, 0.4) is 0 Å². The molecule has 0 radical (unpaired) electrons. The number of carbonyl (C=O) groups excluding carboxylic acids is 1. The van der Waals surface area contributed by atoms with Crippen LogP contribution in [0.2, 0.25) is 0 Å². The monoisotopic (exact) mass is 282 g/mol. The first-order chi connectivity index (χ1) is 9.56. The van der Waals surface area contributed by atoms with Gasteiger partial charge in [0.1, 0.15) is 17.1 Å². The fraction of sp³-hybridized carbons (Fsp3) is 0.500. The van der Waals surface area contributed by atoms with Crippen molar-refractivity contribution in [2.45, 2.75) is 19.1 Å². The first-order valence-corrected chi connectivity index (χ1v) is 6.54. The number of rotatable bonds is 3. The lowest BCUT2D eigenvalue weighted by atomic mass is 10.1. The van der Waals surface area contributed by atoms with Crippen LogP contribution in [0.4, 0.5) is 4.39 Å². The molecule has 1 amide bonds. The van der Waals surface area contributed by atoms with Gasteiger partial charge in [-0.1, -0.05) is 6.07 Å². The Morgan fingerprint density at radius 2 is 2.30 bits per heavy atom. The van der Waals surface area contributed by atoms with Crippen molar-refractivity contribution in [2.75, 3.05) is 26.7 Å². The number of amides is 1. The van der Waals surface area contributed by atoms with Crippen LogP contribution in [-0.2, 0) is 4.74 Å². The topological polar surface area (TPSA) is 64.8 Å². The van der Waals surface area contributed by atoms with Gasteiger partial charge in [-0.3, -0.25) is 4.79 Å². The van der Waals surface area contributed by atoms with E-state index >= 15 is 0 Å². The maximum atomic E-state index is 13.9. The summed E-state index contributed by atoms with van der Waals surface area (Å²) in [4.78, 5) is 14.1. The van der Waals surface area contributed by atoms with Crippen molar-refractivity contribution in [1.82, 2.24) is 4.90 Å². The van der Waals surface area contributed by atoms with Crippen molar-refractivity contribution in [1.29, 1.82) is 0 Å². The summed E-state index contributed by atoms with van der Waals surface area (Å²) >= 11 is 0. The summed E-state index contributed by atoms with van der Waals surface area (Å²) < 4.78 is 24.6. The van der Waals surface area contributed by atoms with Crippen molar-refractivity contribution < 1.29 is 18.7 Å². The Labute approximate surface area is 117 Å². The molecule has 1 aromatic carbocycles.